The van der Waals surface area contributed by atoms with Gasteiger partial charge >= 0.3 is 0 Å². The Labute approximate surface area is 330 Å². The molecular formula is C32H54N4O22. The van der Waals surface area contributed by atoms with Crippen molar-refractivity contribution in [2.24, 2.45) is 0 Å². The maximum Gasteiger partial charge on any atom is 0.217 e. The third kappa shape index (κ3) is 11.1. The van der Waals surface area contributed by atoms with Crippen LogP contribution in [0.4, 0.5) is 0 Å². The van der Waals surface area contributed by atoms with Gasteiger partial charge in [-0.25, -0.2) is 4.89 Å². The first-order chi connectivity index (χ1) is 27.4. The van der Waals surface area contributed by atoms with E-state index in [9.17, 15) is 65.1 Å². The Bertz CT molecular complexity index is 1390. The third-order valence-electron chi connectivity index (χ3n) is 9.87. The van der Waals surface area contributed by atoms with E-state index in [1.54, 1.807) is 0 Å². The molecule has 58 heavy (non-hydrogen) atoms. The smallest absolute Gasteiger partial charge is 0.217 e. The van der Waals surface area contributed by atoms with E-state index in [2.05, 4.69) is 26.2 Å². The van der Waals surface area contributed by atoms with Crippen molar-refractivity contribution in [3.05, 3.63) is 0 Å². The second-order valence-corrected chi connectivity index (χ2v) is 14.2. The van der Waals surface area contributed by atoms with Crippen LogP contribution < -0.4 is 21.3 Å². The number of nitrogens with one attached hydrogen (secondary N) is 4. The Balaban J connectivity index is 1.62. The number of hydrogen-bond donors (Lipinski definition) is 14. The van der Waals surface area contributed by atoms with Gasteiger partial charge in [0.15, 0.2) is 25.2 Å². The molecule has 0 aromatic carbocycles. The Kier molecular flexibility index (Phi) is 17.4. The lowest BCUT2D eigenvalue weighted by Gasteiger charge is -2.51. The van der Waals surface area contributed by atoms with Crippen molar-refractivity contribution in [1.82, 2.24) is 21.3 Å². The maximum absolute atomic E-state index is 12.4. The molecule has 20 atom stereocenters. The SMILES string of the molecule is CC(=O)N[C@@H]1[C@@H](O)[C@H](O[C@@H]2O[C@H](CO)[C@@H](O[C@@H]3O[C@H](CO)[C@@H](O[C@@H]4O[C@H](CO)[C@@H](O)[C@H](O)[C@H]4NC(C)=O)[C@H](O)[C@H]3NC(C)=O)[C@H](O)[C@H]2NC(C)=O)[C@@H](COO)O[C@H]1O. The number of hydrogen-bond acceptors (Lipinski definition) is 22. The average molecular weight is 847 g/mol. The van der Waals surface area contributed by atoms with Crippen LogP contribution in [0.2, 0.25) is 0 Å². The molecule has 4 aliphatic rings. The monoisotopic (exact) mass is 846 g/mol. The molecule has 0 unspecified atom stereocenters. The maximum atomic E-state index is 12.4. The van der Waals surface area contributed by atoms with E-state index >= 15 is 0 Å². The first-order valence-corrected chi connectivity index (χ1v) is 18.2. The molecule has 14 N–H and O–H groups in total. The average Bonchev–Trinajstić information content (AvgIpc) is 3.15. The van der Waals surface area contributed by atoms with Crippen molar-refractivity contribution in [1.29, 1.82) is 0 Å². The molecule has 4 fully saturated rings. The van der Waals surface area contributed by atoms with Crippen LogP contribution in [0.15, 0.2) is 0 Å². The van der Waals surface area contributed by atoms with Gasteiger partial charge in [-0.1, -0.05) is 0 Å². The highest BCUT2D eigenvalue weighted by molar-refractivity contribution is 5.74. The minimum atomic E-state index is -1.91. The minimum absolute atomic E-state index is 0.678. The topological polar surface area (TPSA) is 393 Å². The summed E-state index contributed by atoms with van der Waals surface area (Å²) in [4.78, 5) is 52.7. The second-order valence-electron chi connectivity index (χ2n) is 14.2. The van der Waals surface area contributed by atoms with E-state index < -0.39 is 173 Å². The highest BCUT2D eigenvalue weighted by atomic mass is 17.1. The number of amides is 4. The van der Waals surface area contributed by atoms with Crippen LogP contribution in [0.5, 0.6) is 0 Å². The molecule has 26 heteroatoms. The molecule has 4 aliphatic heterocycles. The van der Waals surface area contributed by atoms with Gasteiger partial charge in [0.25, 0.3) is 0 Å². The highest BCUT2D eigenvalue weighted by Crippen LogP contribution is 2.34. The molecule has 0 saturated carbocycles. The highest BCUT2D eigenvalue weighted by Gasteiger charge is 2.56. The summed E-state index contributed by atoms with van der Waals surface area (Å²) in [5.41, 5.74) is 0. The molecule has 4 rings (SSSR count). The van der Waals surface area contributed by atoms with Gasteiger partial charge in [-0.2, -0.15) is 0 Å². The fourth-order valence-electron chi connectivity index (χ4n) is 7.23. The van der Waals surface area contributed by atoms with Crippen LogP contribution in [0.25, 0.3) is 0 Å². The van der Waals surface area contributed by atoms with Gasteiger partial charge in [-0.05, 0) is 0 Å². The first kappa shape index (κ1) is 47.8. The summed E-state index contributed by atoms with van der Waals surface area (Å²) in [6.07, 6.45) is -27.1. The predicted molar refractivity (Wildman–Crippen MR) is 182 cm³/mol. The zero-order valence-corrected chi connectivity index (χ0v) is 31.7. The number of carbonyl (C=O) groups excluding carboxylic acids is 4. The van der Waals surface area contributed by atoms with E-state index in [0.29, 0.717) is 0 Å². The number of aliphatic hydroxyl groups excluding tert-OH is 9. The Morgan fingerprint density at radius 1 is 0.466 bits per heavy atom. The lowest BCUT2D eigenvalue weighted by atomic mass is 9.93. The second kappa shape index (κ2) is 21.1. The number of rotatable bonds is 15. The van der Waals surface area contributed by atoms with Gasteiger partial charge in [0, 0.05) is 27.7 Å². The lowest BCUT2D eigenvalue weighted by Crippen LogP contribution is -2.71. The quantitative estimate of drug-likeness (QED) is 0.0537. The lowest BCUT2D eigenvalue weighted by molar-refractivity contribution is -0.366. The van der Waals surface area contributed by atoms with Crippen LogP contribution in [0.1, 0.15) is 27.7 Å². The van der Waals surface area contributed by atoms with Gasteiger partial charge < -0.3 is 100 Å². The normalized spacial score (nSPS) is 43.2. The Morgan fingerprint density at radius 3 is 1.16 bits per heavy atom. The largest absolute Gasteiger partial charge is 0.394 e. The van der Waals surface area contributed by atoms with Gasteiger partial charge in [0.1, 0.15) is 104 Å². The molecule has 4 amide bonds. The van der Waals surface area contributed by atoms with E-state index in [0.717, 1.165) is 27.7 Å². The van der Waals surface area contributed by atoms with Crippen LogP contribution >= 0.6 is 0 Å². The standard InChI is InChI=1S/C32H54N4O22/c1-9(40)33-17-23(46)28(16(8-51-50)52-29(17)49)58-32-20(36-12(4)43)25(48)27(15(7-39)55-32)57-31-19(35-11(3)42)24(47)26(14(6-38)54-31)56-30-18(34-10(2)41)22(45)21(44)13(5-37)53-30/h13-32,37-39,44-50H,5-8H2,1-4H3,(H,33,40)(H,34,41)(H,35,42)(H,36,43)/t13-,14-,15-,16-,17-,18-,19-,20-,21-,22-,23-,24-,25-,26-,27-,28-,29-,30+,31+,32+/m1/s1. The van der Waals surface area contributed by atoms with Gasteiger partial charge in [-0.3, -0.25) is 24.4 Å². The Hall–Kier alpha value is -2.84. The summed E-state index contributed by atoms with van der Waals surface area (Å²) >= 11 is 0. The van der Waals surface area contributed by atoms with Crippen LogP contribution in [0, 0.1) is 0 Å². The molecule has 0 radical (unpaired) electrons. The van der Waals surface area contributed by atoms with Crippen LogP contribution in [-0.2, 0) is 57.2 Å². The van der Waals surface area contributed by atoms with Crippen molar-refractivity contribution in [2.75, 3.05) is 26.4 Å². The minimum Gasteiger partial charge on any atom is -0.394 e. The third-order valence-corrected chi connectivity index (χ3v) is 9.87. The first-order valence-electron chi connectivity index (χ1n) is 18.2. The fraction of sp³-hybridized carbons (Fsp3) is 0.875. The summed E-state index contributed by atoms with van der Waals surface area (Å²) in [7, 11) is 0. The molecule has 0 aromatic rings. The van der Waals surface area contributed by atoms with Gasteiger partial charge in [-0.15, -0.1) is 0 Å². The summed E-state index contributed by atoms with van der Waals surface area (Å²) in [6.45, 7) is 0.959. The fourth-order valence-corrected chi connectivity index (χ4v) is 7.23. The molecule has 4 heterocycles. The van der Waals surface area contributed by atoms with E-state index in [-0.39, 0.29) is 0 Å². The van der Waals surface area contributed by atoms with Crippen molar-refractivity contribution in [2.45, 2.75) is 150 Å². The zero-order chi connectivity index (χ0) is 43.2. The van der Waals surface area contributed by atoms with Crippen molar-refractivity contribution in [3.63, 3.8) is 0 Å². The Morgan fingerprint density at radius 2 is 0.793 bits per heavy atom. The van der Waals surface area contributed by atoms with Crippen LogP contribution in [0.3, 0.4) is 0 Å². The molecule has 26 nitrogen and oxygen atoms in total. The molecule has 0 aliphatic carbocycles. The summed E-state index contributed by atoms with van der Waals surface area (Å²) in [6, 6.07) is -6.21. The number of carbonyl (C=O) groups is 4. The van der Waals surface area contributed by atoms with E-state index in [1.165, 1.54) is 0 Å². The van der Waals surface area contributed by atoms with Crippen molar-refractivity contribution in [3.8, 4) is 0 Å². The molecule has 0 aromatic heterocycles. The van der Waals surface area contributed by atoms with Gasteiger partial charge in [0.05, 0.1) is 19.8 Å². The van der Waals surface area contributed by atoms with Crippen molar-refractivity contribution >= 4 is 23.6 Å². The summed E-state index contributed by atoms with van der Waals surface area (Å²) in [5.74, 6) is -2.88. The molecule has 334 valence electrons. The number of aliphatic hydroxyl groups is 9. The predicted octanol–water partition coefficient (Wildman–Crippen LogP) is -8.68. The zero-order valence-electron chi connectivity index (χ0n) is 31.7. The van der Waals surface area contributed by atoms with E-state index in [4.69, 9.17) is 38.4 Å². The van der Waals surface area contributed by atoms with Gasteiger partial charge in [0.2, 0.25) is 23.6 Å². The molecule has 0 bridgehead atoms. The molecule has 0 spiro atoms. The number of ether oxygens (including phenoxy) is 7. The van der Waals surface area contributed by atoms with Crippen LogP contribution in [-0.4, -0.2) is 224 Å². The summed E-state index contributed by atoms with van der Waals surface area (Å²) < 4.78 is 40.7. The molecular weight excluding hydrogens is 792 g/mol. The molecule has 4 saturated heterocycles. The van der Waals surface area contributed by atoms with E-state index in [1.807, 2.05) is 0 Å². The summed E-state index contributed by atoms with van der Waals surface area (Å²) in [5, 5.41) is 115. The van der Waals surface area contributed by atoms with Crippen molar-refractivity contribution < 1.29 is 108 Å².